The van der Waals surface area contributed by atoms with E-state index in [1.807, 2.05) is 17.9 Å². The minimum Gasteiger partial charge on any atom is -0.387 e. The van der Waals surface area contributed by atoms with Gasteiger partial charge in [0.2, 0.25) is 5.91 Å². The molecule has 0 unspecified atom stereocenters. The number of nitrogens with one attached hydrogen (secondary N) is 1. The Morgan fingerprint density at radius 3 is 2.63 bits per heavy atom. The maximum absolute atomic E-state index is 11.8. The standard InChI is InChI=1S/C14H17N3O2/c1-2-14(19)9-17(10-14)8-13(18)16-12-5-3-11(7-15)4-6-12/h3-6,19H,2,8-10H2,1H3,(H,16,18). The molecule has 0 radical (unpaired) electrons. The van der Waals surface area contributed by atoms with Gasteiger partial charge in [0, 0.05) is 18.8 Å². The number of nitrogens with zero attached hydrogens (tertiary/aromatic N) is 2. The summed E-state index contributed by atoms with van der Waals surface area (Å²) in [7, 11) is 0. The predicted molar refractivity (Wildman–Crippen MR) is 71.5 cm³/mol. The van der Waals surface area contributed by atoms with Crippen molar-refractivity contribution in [3.8, 4) is 6.07 Å². The van der Waals surface area contributed by atoms with Crippen LogP contribution >= 0.6 is 0 Å². The SMILES string of the molecule is CCC1(O)CN(CC(=O)Nc2ccc(C#N)cc2)C1. The van der Waals surface area contributed by atoms with Crippen molar-refractivity contribution in [2.24, 2.45) is 0 Å². The van der Waals surface area contributed by atoms with Crippen molar-refractivity contribution in [1.82, 2.24) is 4.90 Å². The van der Waals surface area contributed by atoms with Gasteiger partial charge in [-0.05, 0) is 30.7 Å². The van der Waals surface area contributed by atoms with Gasteiger partial charge in [0.25, 0.3) is 0 Å². The molecule has 0 bridgehead atoms. The molecule has 0 saturated carbocycles. The average molecular weight is 259 g/mol. The van der Waals surface area contributed by atoms with Gasteiger partial charge in [0.1, 0.15) is 0 Å². The first-order valence-electron chi connectivity index (χ1n) is 6.29. The van der Waals surface area contributed by atoms with E-state index in [4.69, 9.17) is 5.26 Å². The van der Waals surface area contributed by atoms with Crippen molar-refractivity contribution in [3.05, 3.63) is 29.8 Å². The van der Waals surface area contributed by atoms with Gasteiger partial charge in [-0.1, -0.05) is 6.92 Å². The quantitative estimate of drug-likeness (QED) is 0.844. The molecule has 0 aromatic heterocycles. The zero-order valence-electron chi connectivity index (χ0n) is 10.9. The van der Waals surface area contributed by atoms with E-state index in [0.29, 0.717) is 30.8 Å². The van der Waals surface area contributed by atoms with E-state index in [-0.39, 0.29) is 12.5 Å². The van der Waals surface area contributed by atoms with Gasteiger partial charge in [-0.2, -0.15) is 5.26 Å². The van der Waals surface area contributed by atoms with Crippen molar-refractivity contribution in [1.29, 1.82) is 5.26 Å². The molecule has 1 aromatic carbocycles. The molecule has 5 nitrogen and oxygen atoms in total. The van der Waals surface area contributed by atoms with Crippen LogP contribution in [-0.4, -0.2) is 41.1 Å². The van der Waals surface area contributed by atoms with Gasteiger partial charge in [-0.15, -0.1) is 0 Å². The van der Waals surface area contributed by atoms with Crippen LogP contribution in [-0.2, 0) is 4.79 Å². The topological polar surface area (TPSA) is 76.4 Å². The smallest absolute Gasteiger partial charge is 0.238 e. The minimum absolute atomic E-state index is 0.108. The van der Waals surface area contributed by atoms with Crippen LogP contribution in [0.3, 0.4) is 0 Å². The van der Waals surface area contributed by atoms with E-state index in [9.17, 15) is 9.90 Å². The summed E-state index contributed by atoms with van der Waals surface area (Å²) in [5.41, 5.74) is 0.623. The van der Waals surface area contributed by atoms with Gasteiger partial charge in [-0.3, -0.25) is 9.69 Å². The summed E-state index contributed by atoms with van der Waals surface area (Å²) < 4.78 is 0. The average Bonchev–Trinajstić information content (AvgIpc) is 2.37. The lowest BCUT2D eigenvalue weighted by atomic mass is 9.91. The zero-order chi connectivity index (χ0) is 13.9. The first-order chi connectivity index (χ1) is 9.04. The van der Waals surface area contributed by atoms with Crippen molar-refractivity contribution in [3.63, 3.8) is 0 Å². The van der Waals surface area contributed by atoms with Crippen LogP contribution in [0.25, 0.3) is 0 Å². The summed E-state index contributed by atoms with van der Waals surface area (Å²) in [5, 5.41) is 21.3. The minimum atomic E-state index is -0.616. The van der Waals surface area contributed by atoms with E-state index >= 15 is 0 Å². The monoisotopic (exact) mass is 259 g/mol. The van der Waals surface area contributed by atoms with Crippen molar-refractivity contribution < 1.29 is 9.90 Å². The van der Waals surface area contributed by atoms with Gasteiger partial charge in [0.05, 0.1) is 23.8 Å². The van der Waals surface area contributed by atoms with E-state index in [1.165, 1.54) is 0 Å². The van der Waals surface area contributed by atoms with Gasteiger partial charge in [0.15, 0.2) is 0 Å². The second-order valence-electron chi connectivity index (χ2n) is 4.96. The molecule has 1 aliphatic rings. The Morgan fingerprint density at radius 1 is 1.47 bits per heavy atom. The highest BCUT2D eigenvalue weighted by Crippen LogP contribution is 2.23. The molecule has 0 aliphatic carbocycles. The molecule has 2 rings (SSSR count). The van der Waals surface area contributed by atoms with E-state index in [1.54, 1.807) is 24.3 Å². The predicted octanol–water partition coefficient (Wildman–Crippen LogP) is 0.953. The summed E-state index contributed by atoms with van der Waals surface area (Å²) in [4.78, 5) is 13.7. The van der Waals surface area contributed by atoms with Crippen LogP contribution in [0, 0.1) is 11.3 Å². The third-order valence-electron chi connectivity index (χ3n) is 3.36. The number of benzene rings is 1. The first-order valence-corrected chi connectivity index (χ1v) is 6.29. The van der Waals surface area contributed by atoms with Crippen LogP contribution in [0.1, 0.15) is 18.9 Å². The number of nitriles is 1. The summed E-state index contributed by atoms with van der Waals surface area (Å²) in [6.45, 7) is 3.31. The van der Waals surface area contributed by atoms with Crippen molar-refractivity contribution >= 4 is 11.6 Å². The maximum atomic E-state index is 11.8. The highest BCUT2D eigenvalue weighted by atomic mass is 16.3. The third kappa shape index (κ3) is 3.31. The summed E-state index contributed by atoms with van der Waals surface area (Å²) >= 11 is 0. The van der Waals surface area contributed by atoms with E-state index in [2.05, 4.69) is 5.32 Å². The molecule has 0 spiro atoms. The second-order valence-corrected chi connectivity index (χ2v) is 4.96. The van der Waals surface area contributed by atoms with E-state index < -0.39 is 5.60 Å². The number of carbonyl (C=O) groups is 1. The molecule has 1 fully saturated rings. The maximum Gasteiger partial charge on any atom is 0.238 e. The second kappa shape index (κ2) is 5.39. The van der Waals surface area contributed by atoms with Crippen LogP contribution in [0.15, 0.2) is 24.3 Å². The summed E-state index contributed by atoms with van der Waals surface area (Å²) in [6.07, 6.45) is 0.709. The van der Waals surface area contributed by atoms with Crippen molar-refractivity contribution in [2.45, 2.75) is 18.9 Å². The normalized spacial score (nSPS) is 17.3. The lowest BCUT2D eigenvalue weighted by molar-refractivity contribution is -0.128. The summed E-state index contributed by atoms with van der Waals surface area (Å²) in [6, 6.07) is 8.75. The molecule has 1 heterocycles. The lowest BCUT2D eigenvalue weighted by Crippen LogP contribution is -2.62. The Morgan fingerprint density at radius 2 is 2.11 bits per heavy atom. The molecule has 2 N–H and O–H groups in total. The number of carbonyl (C=O) groups excluding carboxylic acids is 1. The van der Waals surface area contributed by atoms with Gasteiger partial charge >= 0.3 is 0 Å². The van der Waals surface area contributed by atoms with Gasteiger partial charge in [-0.25, -0.2) is 0 Å². The molecule has 1 aromatic rings. The van der Waals surface area contributed by atoms with Crippen LogP contribution in [0.4, 0.5) is 5.69 Å². The molecular weight excluding hydrogens is 242 g/mol. The Balaban J connectivity index is 1.80. The number of β-amino-alcohol motifs (C(OH)–C–C–N with tert-alkyl or cyclic N) is 1. The summed E-state index contributed by atoms with van der Waals surface area (Å²) in [5.74, 6) is -0.108. The zero-order valence-corrected chi connectivity index (χ0v) is 10.9. The third-order valence-corrected chi connectivity index (χ3v) is 3.36. The first kappa shape index (κ1) is 13.5. The molecule has 0 atom stereocenters. The Bertz CT molecular complexity index is 498. The van der Waals surface area contributed by atoms with Crippen LogP contribution in [0.5, 0.6) is 0 Å². The van der Waals surface area contributed by atoms with Crippen LogP contribution < -0.4 is 5.32 Å². The number of rotatable bonds is 4. The molecule has 1 saturated heterocycles. The molecule has 100 valence electrons. The Hall–Kier alpha value is -1.90. The Labute approximate surface area is 112 Å². The number of hydrogen-bond donors (Lipinski definition) is 2. The fourth-order valence-electron chi connectivity index (χ4n) is 2.15. The highest BCUT2D eigenvalue weighted by molar-refractivity contribution is 5.92. The van der Waals surface area contributed by atoms with Crippen molar-refractivity contribution in [2.75, 3.05) is 25.0 Å². The van der Waals surface area contributed by atoms with Gasteiger partial charge < -0.3 is 10.4 Å². The number of anilines is 1. The molecule has 5 heteroatoms. The molecule has 19 heavy (non-hydrogen) atoms. The number of amides is 1. The molecule has 1 aliphatic heterocycles. The van der Waals surface area contributed by atoms with Crippen LogP contribution in [0.2, 0.25) is 0 Å². The fourth-order valence-corrected chi connectivity index (χ4v) is 2.15. The Kier molecular flexibility index (Phi) is 3.84. The lowest BCUT2D eigenvalue weighted by Gasteiger charge is -2.45. The number of likely N-dealkylation sites (tertiary alicyclic amines) is 1. The number of hydrogen-bond acceptors (Lipinski definition) is 4. The largest absolute Gasteiger partial charge is 0.387 e. The number of aliphatic hydroxyl groups is 1. The van der Waals surface area contributed by atoms with E-state index in [0.717, 1.165) is 0 Å². The molecule has 1 amide bonds. The highest BCUT2D eigenvalue weighted by Gasteiger charge is 2.39. The molecular formula is C14H17N3O2. The fraction of sp³-hybridized carbons (Fsp3) is 0.429.